The first-order chi connectivity index (χ1) is 8.54. The molecular formula is C15H23NO2. The van der Waals surface area contributed by atoms with Crippen LogP contribution in [0.5, 0.6) is 0 Å². The van der Waals surface area contributed by atoms with E-state index in [1.807, 2.05) is 6.92 Å². The summed E-state index contributed by atoms with van der Waals surface area (Å²) in [6.45, 7) is 7.60. The zero-order chi connectivity index (χ0) is 13.5. The topological polar surface area (TPSA) is 29.5 Å². The molecule has 0 unspecified atom stereocenters. The zero-order valence-corrected chi connectivity index (χ0v) is 11.8. The van der Waals surface area contributed by atoms with Crippen LogP contribution in [-0.2, 0) is 16.1 Å². The maximum atomic E-state index is 11.7. The lowest BCUT2D eigenvalue weighted by Crippen LogP contribution is -2.29. The predicted octanol–water partition coefficient (Wildman–Crippen LogP) is 2.80. The molecule has 0 aliphatic heterocycles. The van der Waals surface area contributed by atoms with Crippen LogP contribution in [0.3, 0.4) is 0 Å². The lowest BCUT2D eigenvalue weighted by Gasteiger charge is -2.17. The average Bonchev–Trinajstić information content (AvgIpc) is 2.36. The molecule has 0 bridgehead atoms. The minimum Gasteiger partial charge on any atom is -0.372 e. The van der Waals surface area contributed by atoms with Crippen molar-refractivity contribution < 1.29 is 9.53 Å². The minimum absolute atomic E-state index is 0.0183. The summed E-state index contributed by atoms with van der Waals surface area (Å²) in [5.41, 5.74) is 2.47. The molecule has 100 valence electrons. The molecule has 0 atom stereocenters. The van der Waals surface area contributed by atoms with Crippen LogP contribution in [-0.4, -0.2) is 31.1 Å². The molecule has 1 aromatic rings. The Morgan fingerprint density at radius 3 is 2.39 bits per heavy atom. The number of carbonyl (C=O) groups excluding carboxylic acids is 1. The third-order valence-corrected chi connectivity index (χ3v) is 2.92. The Labute approximate surface area is 110 Å². The highest BCUT2D eigenvalue weighted by Gasteiger charge is 2.09. The molecule has 0 saturated carbocycles. The zero-order valence-electron chi connectivity index (χ0n) is 11.8. The largest absolute Gasteiger partial charge is 0.372 e. The highest BCUT2D eigenvalue weighted by atomic mass is 16.5. The first-order valence-corrected chi connectivity index (χ1v) is 6.45. The highest BCUT2D eigenvalue weighted by molar-refractivity contribution is 5.77. The molecule has 1 rings (SSSR count). The first kappa shape index (κ1) is 14.7. The number of hydrogen-bond acceptors (Lipinski definition) is 2. The normalized spacial score (nSPS) is 10.7. The van der Waals surface area contributed by atoms with Gasteiger partial charge in [-0.25, -0.2) is 0 Å². The highest BCUT2D eigenvalue weighted by Crippen LogP contribution is 2.15. The minimum atomic E-state index is 0.0183. The molecule has 0 heterocycles. The SMILES string of the molecule is CCOCC(=O)N(C)Cc1ccc(C(C)C)cc1. The first-order valence-electron chi connectivity index (χ1n) is 6.45. The van der Waals surface area contributed by atoms with E-state index in [0.717, 1.165) is 5.56 Å². The van der Waals surface area contributed by atoms with Crippen LogP contribution < -0.4 is 0 Å². The summed E-state index contributed by atoms with van der Waals surface area (Å²) in [6, 6.07) is 8.42. The van der Waals surface area contributed by atoms with Crippen LogP contribution in [0, 0.1) is 0 Å². The number of ether oxygens (including phenoxy) is 1. The summed E-state index contributed by atoms with van der Waals surface area (Å²) >= 11 is 0. The number of hydrogen-bond donors (Lipinski definition) is 0. The van der Waals surface area contributed by atoms with Crippen molar-refractivity contribution in [3.8, 4) is 0 Å². The molecule has 0 N–H and O–H groups in total. The third kappa shape index (κ3) is 4.49. The Morgan fingerprint density at radius 1 is 1.28 bits per heavy atom. The number of nitrogens with zero attached hydrogens (tertiary/aromatic N) is 1. The van der Waals surface area contributed by atoms with E-state index in [9.17, 15) is 4.79 Å². The van der Waals surface area contributed by atoms with Crippen LogP contribution in [0.4, 0.5) is 0 Å². The molecule has 0 aromatic heterocycles. The predicted molar refractivity (Wildman–Crippen MR) is 73.5 cm³/mol. The second kappa shape index (κ2) is 7.17. The van der Waals surface area contributed by atoms with Gasteiger partial charge < -0.3 is 9.64 Å². The van der Waals surface area contributed by atoms with E-state index >= 15 is 0 Å². The molecule has 0 radical (unpaired) electrons. The number of benzene rings is 1. The van der Waals surface area contributed by atoms with Gasteiger partial charge in [-0.15, -0.1) is 0 Å². The summed E-state index contributed by atoms with van der Waals surface area (Å²) in [5.74, 6) is 0.557. The second-order valence-corrected chi connectivity index (χ2v) is 4.78. The van der Waals surface area contributed by atoms with Crippen molar-refractivity contribution in [2.24, 2.45) is 0 Å². The van der Waals surface area contributed by atoms with Gasteiger partial charge in [-0.05, 0) is 24.0 Å². The van der Waals surface area contributed by atoms with Crippen molar-refractivity contribution >= 4 is 5.91 Å². The van der Waals surface area contributed by atoms with Crippen molar-refractivity contribution in [1.29, 1.82) is 0 Å². The summed E-state index contributed by atoms with van der Waals surface area (Å²) in [7, 11) is 1.80. The molecule has 3 heteroatoms. The Morgan fingerprint density at radius 2 is 1.89 bits per heavy atom. The fraction of sp³-hybridized carbons (Fsp3) is 0.533. The van der Waals surface area contributed by atoms with Crippen molar-refractivity contribution in [3.05, 3.63) is 35.4 Å². The van der Waals surface area contributed by atoms with E-state index in [1.165, 1.54) is 5.56 Å². The Kier molecular flexibility index (Phi) is 5.86. The van der Waals surface area contributed by atoms with Gasteiger partial charge in [-0.3, -0.25) is 4.79 Å². The van der Waals surface area contributed by atoms with E-state index in [2.05, 4.69) is 38.1 Å². The maximum absolute atomic E-state index is 11.7. The van der Waals surface area contributed by atoms with Gasteiger partial charge >= 0.3 is 0 Å². The molecule has 18 heavy (non-hydrogen) atoms. The monoisotopic (exact) mass is 249 g/mol. The maximum Gasteiger partial charge on any atom is 0.248 e. The molecule has 0 saturated heterocycles. The Bertz CT molecular complexity index is 371. The molecule has 1 amide bonds. The van der Waals surface area contributed by atoms with Crippen LogP contribution in [0.15, 0.2) is 24.3 Å². The average molecular weight is 249 g/mol. The van der Waals surface area contributed by atoms with Gasteiger partial charge in [-0.1, -0.05) is 38.1 Å². The molecule has 0 aliphatic carbocycles. The number of likely N-dealkylation sites (N-methyl/N-ethyl adjacent to an activating group) is 1. The van der Waals surface area contributed by atoms with E-state index in [0.29, 0.717) is 19.1 Å². The van der Waals surface area contributed by atoms with Crippen molar-refractivity contribution in [2.75, 3.05) is 20.3 Å². The quantitative estimate of drug-likeness (QED) is 0.776. The second-order valence-electron chi connectivity index (χ2n) is 4.78. The fourth-order valence-electron chi connectivity index (χ4n) is 1.67. The van der Waals surface area contributed by atoms with Gasteiger partial charge in [-0.2, -0.15) is 0 Å². The van der Waals surface area contributed by atoms with Gasteiger partial charge in [0.2, 0.25) is 5.91 Å². The Balaban J connectivity index is 2.53. The van der Waals surface area contributed by atoms with E-state index < -0.39 is 0 Å². The number of rotatable bonds is 6. The summed E-state index contributed by atoms with van der Waals surface area (Å²) in [4.78, 5) is 13.4. The van der Waals surface area contributed by atoms with Crippen LogP contribution >= 0.6 is 0 Å². The standard InChI is InChI=1S/C15H23NO2/c1-5-18-11-15(17)16(4)10-13-6-8-14(9-7-13)12(2)3/h6-9,12H,5,10-11H2,1-4H3. The smallest absolute Gasteiger partial charge is 0.248 e. The van der Waals surface area contributed by atoms with E-state index in [4.69, 9.17) is 4.74 Å². The fourth-order valence-corrected chi connectivity index (χ4v) is 1.67. The number of carbonyl (C=O) groups is 1. The van der Waals surface area contributed by atoms with Gasteiger partial charge in [0.25, 0.3) is 0 Å². The molecule has 0 fully saturated rings. The van der Waals surface area contributed by atoms with Gasteiger partial charge in [0.1, 0.15) is 6.61 Å². The molecule has 0 spiro atoms. The third-order valence-electron chi connectivity index (χ3n) is 2.92. The number of amides is 1. The van der Waals surface area contributed by atoms with E-state index in [-0.39, 0.29) is 12.5 Å². The van der Waals surface area contributed by atoms with Gasteiger partial charge in [0.05, 0.1) is 0 Å². The van der Waals surface area contributed by atoms with Crippen molar-refractivity contribution in [3.63, 3.8) is 0 Å². The Hall–Kier alpha value is -1.35. The van der Waals surface area contributed by atoms with Crippen LogP contribution in [0.1, 0.15) is 37.8 Å². The summed E-state index contributed by atoms with van der Waals surface area (Å²) in [5, 5.41) is 0. The molecule has 1 aromatic carbocycles. The van der Waals surface area contributed by atoms with Gasteiger partial charge in [0, 0.05) is 20.2 Å². The van der Waals surface area contributed by atoms with Crippen molar-refractivity contribution in [1.82, 2.24) is 4.90 Å². The molecule has 0 aliphatic rings. The van der Waals surface area contributed by atoms with Crippen molar-refractivity contribution in [2.45, 2.75) is 33.2 Å². The lowest BCUT2D eigenvalue weighted by molar-refractivity contribution is -0.135. The summed E-state index contributed by atoms with van der Waals surface area (Å²) in [6.07, 6.45) is 0. The molecular weight excluding hydrogens is 226 g/mol. The lowest BCUT2D eigenvalue weighted by atomic mass is 10.0. The van der Waals surface area contributed by atoms with E-state index in [1.54, 1.807) is 11.9 Å². The molecule has 3 nitrogen and oxygen atoms in total. The van der Waals surface area contributed by atoms with Gasteiger partial charge in [0.15, 0.2) is 0 Å². The van der Waals surface area contributed by atoms with Crippen LogP contribution in [0.2, 0.25) is 0 Å². The van der Waals surface area contributed by atoms with Crippen LogP contribution in [0.25, 0.3) is 0 Å². The summed E-state index contributed by atoms with van der Waals surface area (Å²) < 4.78 is 5.11.